The van der Waals surface area contributed by atoms with E-state index < -0.39 is 57.1 Å². The molecule has 1 aromatic carbocycles. The predicted molar refractivity (Wildman–Crippen MR) is 95.6 cm³/mol. The lowest BCUT2D eigenvalue weighted by Gasteiger charge is -2.42. The molecule has 0 bridgehead atoms. The van der Waals surface area contributed by atoms with Gasteiger partial charge in [0, 0.05) is 0 Å². The summed E-state index contributed by atoms with van der Waals surface area (Å²) >= 11 is 2.05. The Morgan fingerprint density at radius 2 is 0.825 bits per heavy atom. The molecule has 0 aliphatic carbocycles. The molecule has 0 unspecified atom stereocenters. The molecule has 22 heteroatoms. The summed E-state index contributed by atoms with van der Waals surface area (Å²) in [6, 6.07) is 8.76. The smallest absolute Gasteiger partial charge is 0.460 e. The first-order valence-corrected chi connectivity index (χ1v) is 12.0. The van der Waals surface area contributed by atoms with Crippen molar-refractivity contribution in [2.45, 2.75) is 73.2 Å². The molecule has 0 fully saturated rings. The van der Waals surface area contributed by atoms with Gasteiger partial charge in [0.15, 0.2) is 13.7 Å². The quantitative estimate of drug-likeness (QED) is 0.241. The standard InChI is InChI=1S/C10H14I.C8HF17O3S/c1-10(2,3)8-4-6-9(11)7-5-8;9-1(10,3(13,14)5(17,18)7(21,22)23)2(11,12)4(15,16)6(19,20)8(24,25)29(26,27)28/h4-7,11H,1-3H3;(H,26,27,28)/q+1;/p-1. The van der Waals surface area contributed by atoms with Crippen molar-refractivity contribution in [2.24, 2.45) is 0 Å². The summed E-state index contributed by atoms with van der Waals surface area (Å²) in [5.41, 5.74) is 1.69. The van der Waals surface area contributed by atoms with Gasteiger partial charge in [-0.05, 0) is 23.1 Å². The van der Waals surface area contributed by atoms with Crippen LogP contribution in [0, 0.1) is 3.57 Å². The molecule has 1 aromatic rings. The Morgan fingerprint density at radius 1 is 0.550 bits per heavy atom. The Bertz CT molecular complexity index is 1140. The fourth-order valence-corrected chi connectivity index (χ4v) is 3.09. The summed E-state index contributed by atoms with van der Waals surface area (Å²) in [6.45, 7) is 6.70. The first-order valence-electron chi connectivity index (χ1n) is 9.44. The Labute approximate surface area is 227 Å². The highest BCUT2D eigenvalue weighted by Crippen LogP contribution is 2.64. The highest BCUT2D eigenvalue weighted by molar-refractivity contribution is 7.86. The molecule has 0 spiro atoms. The summed E-state index contributed by atoms with van der Waals surface area (Å²) in [5.74, 6) is -52.1. The summed E-state index contributed by atoms with van der Waals surface area (Å²) in [4.78, 5) is 0. The minimum atomic E-state index is -8.92. The van der Waals surface area contributed by atoms with E-state index in [2.05, 4.69) is 45.0 Å². The van der Waals surface area contributed by atoms with Crippen molar-refractivity contribution in [3.05, 3.63) is 33.4 Å². The molecule has 40 heavy (non-hydrogen) atoms. The van der Waals surface area contributed by atoms with Gasteiger partial charge in [0.1, 0.15) is 0 Å². The van der Waals surface area contributed by atoms with Crippen LogP contribution >= 0.6 is 0 Å². The molecule has 0 N–H and O–H groups in total. The molecule has 0 aliphatic rings. The summed E-state index contributed by atoms with van der Waals surface area (Å²) < 4.78 is 245. The normalized spacial score (nSPS) is 15.4. The van der Waals surface area contributed by atoms with E-state index in [-0.39, 0.29) is 5.41 Å². The van der Waals surface area contributed by atoms with Gasteiger partial charge in [-0.15, -0.1) is 0 Å². The molecule has 0 aromatic heterocycles. The SMILES string of the molecule is CC(C)(C)c1ccc([IH+])cc1.O=S(=O)([O-])C(F)(F)C(F)(F)C(F)(F)C(F)(F)C(F)(F)C(F)(F)C(F)(F)C(F)(F)F. The van der Waals surface area contributed by atoms with E-state index in [1.807, 2.05) is 22.6 Å². The number of rotatable bonds is 7. The van der Waals surface area contributed by atoms with Crippen LogP contribution in [0.5, 0.6) is 0 Å². The van der Waals surface area contributed by atoms with Crippen LogP contribution in [-0.2, 0) is 15.5 Å². The average Bonchev–Trinajstić information content (AvgIpc) is 2.71. The van der Waals surface area contributed by atoms with Gasteiger partial charge in [-0.25, -0.2) is 8.42 Å². The number of hydrogen-bond acceptors (Lipinski definition) is 3. The number of benzene rings is 1. The third-order valence-electron chi connectivity index (χ3n) is 4.73. The van der Waals surface area contributed by atoms with E-state index in [1.54, 1.807) is 0 Å². The Hall–Kier alpha value is -1.33. The minimum Gasteiger partial charge on any atom is -0.743 e. The second kappa shape index (κ2) is 10.7. The van der Waals surface area contributed by atoms with Crippen LogP contribution in [0.15, 0.2) is 24.3 Å². The van der Waals surface area contributed by atoms with Crippen LogP contribution in [0.1, 0.15) is 26.3 Å². The largest absolute Gasteiger partial charge is 0.743 e. The Balaban J connectivity index is 0.00000114. The van der Waals surface area contributed by atoms with Crippen LogP contribution in [0.4, 0.5) is 74.6 Å². The second-order valence-corrected chi connectivity index (χ2v) is 11.5. The minimum absolute atomic E-state index is 0.287. The van der Waals surface area contributed by atoms with Gasteiger partial charge in [-0.1, -0.05) is 32.9 Å². The van der Waals surface area contributed by atoms with Gasteiger partial charge in [0.05, 0.1) is 0 Å². The van der Waals surface area contributed by atoms with Crippen LogP contribution < -0.4 is 22.6 Å². The Morgan fingerprint density at radius 3 is 1.07 bits per heavy atom. The predicted octanol–water partition coefficient (Wildman–Crippen LogP) is 3.94. The molecule has 0 radical (unpaired) electrons. The molecule has 0 saturated heterocycles. The summed E-state index contributed by atoms with van der Waals surface area (Å²) in [7, 11) is -8.14. The van der Waals surface area contributed by atoms with Crippen molar-refractivity contribution in [2.75, 3.05) is 0 Å². The van der Waals surface area contributed by atoms with Crippen molar-refractivity contribution >= 4 is 10.1 Å². The van der Waals surface area contributed by atoms with Gasteiger partial charge < -0.3 is 4.55 Å². The van der Waals surface area contributed by atoms with Crippen molar-refractivity contribution in [1.29, 1.82) is 0 Å². The first kappa shape index (κ1) is 38.7. The van der Waals surface area contributed by atoms with Crippen LogP contribution in [0.2, 0.25) is 0 Å². The molecule has 3 nitrogen and oxygen atoms in total. The van der Waals surface area contributed by atoms with Gasteiger partial charge in [-0.2, -0.15) is 74.6 Å². The van der Waals surface area contributed by atoms with Crippen LogP contribution in [-0.4, -0.2) is 59.9 Å². The Kier molecular flexibility index (Phi) is 10.4. The average molecular weight is 760 g/mol. The van der Waals surface area contributed by atoms with E-state index in [0.717, 1.165) is 0 Å². The van der Waals surface area contributed by atoms with Gasteiger partial charge in [0.25, 0.3) is 22.6 Å². The zero-order valence-electron chi connectivity index (χ0n) is 19.3. The number of hydrogen-bond donors (Lipinski definition) is 0. The lowest BCUT2D eigenvalue weighted by molar-refractivity contribution is -0.458. The van der Waals surface area contributed by atoms with Gasteiger partial charge >= 0.3 is 47.0 Å². The van der Waals surface area contributed by atoms with Crippen molar-refractivity contribution < 1.29 is 110 Å². The van der Waals surface area contributed by atoms with Crippen LogP contribution in [0.3, 0.4) is 0 Å². The van der Waals surface area contributed by atoms with E-state index in [9.17, 15) is 87.6 Å². The molecule has 1 rings (SSSR count). The maximum absolute atomic E-state index is 13.0. The zero-order valence-corrected chi connectivity index (χ0v) is 22.4. The maximum atomic E-state index is 13.0. The fraction of sp³-hybridized carbons (Fsp3) is 0.667. The van der Waals surface area contributed by atoms with Crippen molar-refractivity contribution in [1.82, 2.24) is 0 Å². The molecule has 0 atom stereocenters. The van der Waals surface area contributed by atoms with E-state index in [4.69, 9.17) is 0 Å². The van der Waals surface area contributed by atoms with Crippen molar-refractivity contribution in [3.8, 4) is 0 Å². The van der Waals surface area contributed by atoms with Gasteiger partial charge in [-0.3, -0.25) is 0 Å². The summed E-state index contributed by atoms with van der Waals surface area (Å²) in [5, 5.41) is -7.95. The highest BCUT2D eigenvalue weighted by atomic mass is 127. The van der Waals surface area contributed by atoms with E-state index in [1.165, 1.54) is 9.13 Å². The molecule has 0 heterocycles. The second-order valence-electron chi connectivity index (χ2n) is 8.69. The molecule has 0 aliphatic heterocycles. The zero-order chi connectivity index (χ0) is 33.0. The highest BCUT2D eigenvalue weighted by Gasteiger charge is 2.95. The monoisotopic (exact) mass is 760 g/mol. The van der Waals surface area contributed by atoms with Gasteiger partial charge in [0.2, 0.25) is 0 Å². The topological polar surface area (TPSA) is 57.2 Å². The third-order valence-corrected chi connectivity index (χ3v) is 6.39. The molecule has 0 saturated carbocycles. The first-order chi connectivity index (χ1) is 17.0. The number of alkyl halides is 17. The van der Waals surface area contributed by atoms with E-state index >= 15 is 0 Å². The fourth-order valence-electron chi connectivity index (χ4n) is 2.26. The molecular weight excluding hydrogens is 746 g/mol. The lowest BCUT2D eigenvalue weighted by Crippen LogP contribution is -3.34. The van der Waals surface area contributed by atoms with E-state index in [0.29, 0.717) is 0 Å². The van der Waals surface area contributed by atoms with Crippen molar-refractivity contribution in [3.63, 3.8) is 0 Å². The summed E-state index contributed by atoms with van der Waals surface area (Å²) in [6.07, 6.45) is -7.89. The molecular formula is C18H14F17IO3S. The lowest BCUT2D eigenvalue weighted by atomic mass is 9.87. The molecule has 236 valence electrons. The molecule has 0 amide bonds. The number of halogens is 18. The maximum Gasteiger partial charge on any atom is 0.460 e. The van der Waals surface area contributed by atoms with Crippen LogP contribution in [0.25, 0.3) is 0 Å². The third kappa shape index (κ3) is 6.21.